The van der Waals surface area contributed by atoms with Crippen LogP contribution in [0.2, 0.25) is 0 Å². The van der Waals surface area contributed by atoms with Crippen LogP contribution >= 0.6 is 0 Å². The molecule has 2 bridgehead atoms. The second kappa shape index (κ2) is 6.26. The fourth-order valence-corrected chi connectivity index (χ4v) is 5.19. The van der Waals surface area contributed by atoms with Crippen molar-refractivity contribution in [3.63, 3.8) is 0 Å². The number of anilines is 2. The Labute approximate surface area is 161 Å². The van der Waals surface area contributed by atoms with E-state index in [1.165, 1.54) is 29.2 Å². The van der Waals surface area contributed by atoms with E-state index >= 15 is 0 Å². The Morgan fingerprint density at radius 1 is 0.964 bits per heavy atom. The van der Waals surface area contributed by atoms with Crippen molar-refractivity contribution < 1.29 is 18.8 Å². The zero-order valence-electron chi connectivity index (χ0n) is 15.1. The molecule has 5 nitrogen and oxygen atoms in total. The maximum atomic E-state index is 13.0. The molecule has 1 heterocycles. The summed E-state index contributed by atoms with van der Waals surface area (Å²) in [4.78, 5) is 39.7. The molecule has 0 spiro atoms. The van der Waals surface area contributed by atoms with E-state index in [0.717, 1.165) is 19.3 Å². The fraction of sp³-hybridized carbons (Fsp3) is 0.318. The van der Waals surface area contributed by atoms with Gasteiger partial charge in [0.1, 0.15) is 5.82 Å². The highest BCUT2D eigenvalue weighted by atomic mass is 19.1. The summed E-state index contributed by atoms with van der Waals surface area (Å²) in [6, 6.07) is 12.0. The van der Waals surface area contributed by atoms with Crippen LogP contribution in [0, 0.1) is 29.5 Å². The number of amides is 3. The van der Waals surface area contributed by atoms with Gasteiger partial charge in [-0.3, -0.25) is 19.3 Å². The summed E-state index contributed by atoms with van der Waals surface area (Å²) in [6.45, 7) is 0. The van der Waals surface area contributed by atoms with E-state index < -0.39 is 0 Å². The van der Waals surface area contributed by atoms with Crippen LogP contribution in [-0.2, 0) is 9.59 Å². The standard InChI is InChI=1S/C22H19FN2O3/c23-15-6-8-16(9-7-15)24-20(26)14-2-1-3-17(11-14)25-21(27)18-12-4-5-13(10-12)19(18)22(25)28/h1-3,6-9,11-13,18-19H,4-5,10H2,(H,24,26)/t12-,13+,18+,19-. The van der Waals surface area contributed by atoms with Crippen molar-refractivity contribution in [3.05, 3.63) is 59.9 Å². The number of hydrogen-bond acceptors (Lipinski definition) is 3. The molecule has 1 saturated heterocycles. The van der Waals surface area contributed by atoms with E-state index in [-0.39, 0.29) is 35.4 Å². The van der Waals surface area contributed by atoms with Crippen LogP contribution in [0.1, 0.15) is 29.6 Å². The summed E-state index contributed by atoms with van der Waals surface area (Å²) >= 11 is 0. The molecular formula is C22H19FN2O3. The first-order chi connectivity index (χ1) is 13.5. The van der Waals surface area contributed by atoms with Crippen LogP contribution < -0.4 is 10.2 Å². The monoisotopic (exact) mass is 378 g/mol. The molecule has 5 rings (SSSR count). The van der Waals surface area contributed by atoms with Gasteiger partial charge in [0.2, 0.25) is 11.8 Å². The minimum Gasteiger partial charge on any atom is -0.322 e. The number of rotatable bonds is 3. The number of nitrogens with one attached hydrogen (secondary N) is 1. The smallest absolute Gasteiger partial charge is 0.255 e. The van der Waals surface area contributed by atoms with E-state index in [9.17, 15) is 18.8 Å². The quantitative estimate of drug-likeness (QED) is 0.830. The zero-order chi connectivity index (χ0) is 19.4. The van der Waals surface area contributed by atoms with Crippen molar-refractivity contribution in [1.82, 2.24) is 0 Å². The second-order valence-electron chi connectivity index (χ2n) is 7.91. The van der Waals surface area contributed by atoms with Crippen molar-refractivity contribution >= 4 is 29.1 Å². The van der Waals surface area contributed by atoms with Crippen LogP contribution in [0.5, 0.6) is 0 Å². The molecule has 4 atom stereocenters. The van der Waals surface area contributed by atoms with E-state index in [1.807, 2.05) is 0 Å². The lowest BCUT2D eigenvalue weighted by Crippen LogP contribution is -2.33. The third kappa shape index (κ3) is 2.55. The van der Waals surface area contributed by atoms with E-state index in [4.69, 9.17) is 0 Å². The first kappa shape index (κ1) is 17.1. The van der Waals surface area contributed by atoms with Gasteiger partial charge >= 0.3 is 0 Å². The highest BCUT2D eigenvalue weighted by molar-refractivity contribution is 6.23. The summed E-state index contributed by atoms with van der Waals surface area (Å²) in [6.07, 6.45) is 3.04. The van der Waals surface area contributed by atoms with Crippen molar-refractivity contribution in [1.29, 1.82) is 0 Å². The lowest BCUT2D eigenvalue weighted by Gasteiger charge is -2.19. The van der Waals surface area contributed by atoms with Gasteiger partial charge < -0.3 is 5.32 Å². The Balaban J connectivity index is 1.40. The largest absolute Gasteiger partial charge is 0.322 e. The van der Waals surface area contributed by atoms with Crippen LogP contribution in [0.25, 0.3) is 0 Å². The molecule has 1 N–H and O–H groups in total. The van der Waals surface area contributed by atoms with Crippen LogP contribution in [-0.4, -0.2) is 17.7 Å². The van der Waals surface area contributed by atoms with Gasteiger partial charge in [0, 0.05) is 11.3 Å². The molecule has 2 aliphatic carbocycles. The van der Waals surface area contributed by atoms with Gasteiger partial charge in [0.15, 0.2) is 0 Å². The number of fused-ring (bicyclic) bond motifs is 5. The van der Waals surface area contributed by atoms with E-state index in [2.05, 4.69) is 5.32 Å². The molecule has 0 aromatic heterocycles. The molecule has 2 aromatic carbocycles. The summed E-state index contributed by atoms with van der Waals surface area (Å²) in [7, 11) is 0. The van der Waals surface area contributed by atoms with E-state index in [1.54, 1.807) is 24.3 Å². The average Bonchev–Trinajstić information content (AvgIpc) is 3.37. The first-order valence-electron chi connectivity index (χ1n) is 9.58. The van der Waals surface area contributed by atoms with Crippen molar-refractivity contribution in [2.75, 3.05) is 10.2 Å². The summed E-state index contributed by atoms with van der Waals surface area (Å²) in [5.41, 5.74) is 1.24. The number of hydrogen-bond donors (Lipinski definition) is 1. The Kier molecular flexibility index (Phi) is 3.82. The van der Waals surface area contributed by atoms with Crippen molar-refractivity contribution in [2.24, 2.45) is 23.7 Å². The van der Waals surface area contributed by atoms with Gasteiger partial charge in [-0.25, -0.2) is 4.39 Å². The van der Waals surface area contributed by atoms with Crippen molar-refractivity contribution in [2.45, 2.75) is 19.3 Å². The van der Waals surface area contributed by atoms with Crippen LogP contribution in [0.3, 0.4) is 0 Å². The normalized spacial score (nSPS) is 28.0. The molecule has 1 aliphatic heterocycles. The number of carbonyl (C=O) groups excluding carboxylic acids is 3. The lowest BCUT2D eigenvalue weighted by molar-refractivity contribution is -0.123. The summed E-state index contributed by atoms with van der Waals surface area (Å²) in [5.74, 6) is -0.760. The first-order valence-corrected chi connectivity index (χ1v) is 9.58. The minimum absolute atomic E-state index is 0.127. The van der Waals surface area contributed by atoms with Crippen LogP contribution in [0.4, 0.5) is 15.8 Å². The molecule has 6 heteroatoms. The number of nitrogens with zero attached hydrogens (tertiary/aromatic N) is 1. The van der Waals surface area contributed by atoms with Crippen molar-refractivity contribution in [3.8, 4) is 0 Å². The molecule has 0 radical (unpaired) electrons. The van der Waals surface area contributed by atoms with Gasteiger partial charge in [0.05, 0.1) is 17.5 Å². The molecule has 3 fully saturated rings. The third-order valence-electron chi connectivity index (χ3n) is 6.40. The molecule has 0 unspecified atom stereocenters. The SMILES string of the molecule is O=C(Nc1ccc(F)cc1)c1cccc(N2C(=O)[C@@H]3[C@H]4CC[C@H](C4)[C@@H]3C2=O)c1. The van der Waals surface area contributed by atoms with Gasteiger partial charge in [0.25, 0.3) is 5.91 Å². The molecule has 3 amide bonds. The number of halogens is 1. The highest BCUT2D eigenvalue weighted by Gasteiger charge is 2.61. The van der Waals surface area contributed by atoms with Gasteiger partial charge in [-0.15, -0.1) is 0 Å². The third-order valence-corrected chi connectivity index (χ3v) is 6.40. The number of benzene rings is 2. The minimum atomic E-state index is -0.384. The Bertz CT molecular complexity index is 960. The average molecular weight is 378 g/mol. The van der Waals surface area contributed by atoms with Gasteiger partial charge in [-0.05, 0) is 73.6 Å². The zero-order valence-corrected chi connectivity index (χ0v) is 15.1. The Morgan fingerprint density at radius 3 is 2.25 bits per heavy atom. The molecule has 3 aliphatic rings. The van der Waals surface area contributed by atoms with Crippen LogP contribution in [0.15, 0.2) is 48.5 Å². The number of imide groups is 1. The summed E-state index contributed by atoms with van der Waals surface area (Å²) in [5, 5.41) is 2.70. The highest BCUT2D eigenvalue weighted by Crippen LogP contribution is 2.56. The molecule has 28 heavy (non-hydrogen) atoms. The second-order valence-corrected chi connectivity index (χ2v) is 7.91. The Hall–Kier alpha value is -3.02. The lowest BCUT2D eigenvalue weighted by atomic mass is 9.81. The maximum Gasteiger partial charge on any atom is 0.255 e. The van der Waals surface area contributed by atoms with Gasteiger partial charge in [-0.1, -0.05) is 6.07 Å². The fourth-order valence-electron chi connectivity index (χ4n) is 5.19. The summed E-state index contributed by atoms with van der Waals surface area (Å²) < 4.78 is 13.0. The maximum absolute atomic E-state index is 13.0. The predicted molar refractivity (Wildman–Crippen MR) is 101 cm³/mol. The molecular weight excluding hydrogens is 359 g/mol. The Morgan fingerprint density at radius 2 is 1.61 bits per heavy atom. The van der Waals surface area contributed by atoms with Gasteiger partial charge in [-0.2, -0.15) is 0 Å². The molecule has 142 valence electrons. The molecule has 2 aromatic rings. The number of carbonyl (C=O) groups is 3. The predicted octanol–water partition coefficient (Wildman–Crippen LogP) is 3.61. The van der Waals surface area contributed by atoms with E-state index in [0.29, 0.717) is 28.8 Å². The topological polar surface area (TPSA) is 66.5 Å². The molecule has 2 saturated carbocycles.